The van der Waals surface area contributed by atoms with Crippen LogP contribution in [0.1, 0.15) is 5.56 Å². The molecule has 0 saturated carbocycles. The van der Waals surface area contributed by atoms with Crippen LogP contribution in [0.3, 0.4) is 0 Å². The van der Waals surface area contributed by atoms with Crippen molar-refractivity contribution in [3.05, 3.63) is 205 Å². The maximum absolute atomic E-state index is 9.58. The summed E-state index contributed by atoms with van der Waals surface area (Å²) in [6.45, 7) is 7.53. The Kier molecular flexibility index (Phi) is 8.57. The van der Waals surface area contributed by atoms with Crippen molar-refractivity contribution in [2.45, 2.75) is 0 Å². The Bertz CT molecular complexity index is 3480. The first-order chi connectivity index (χ1) is 29.6. The van der Waals surface area contributed by atoms with Crippen molar-refractivity contribution in [2.75, 3.05) is 9.80 Å². The molecule has 0 saturated heterocycles. The topological polar surface area (TPSA) is 47.5 Å². The van der Waals surface area contributed by atoms with Gasteiger partial charge in [0.1, 0.15) is 5.01 Å². The Balaban J connectivity index is 0.990. The zero-order valence-electron chi connectivity index (χ0n) is 32.0. The summed E-state index contributed by atoms with van der Waals surface area (Å²) in [7, 11) is 0. The van der Waals surface area contributed by atoms with E-state index in [9.17, 15) is 5.26 Å². The van der Waals surface area contributed by atoms with Crippen LogP contribution in [0.15, 0.2) is 188 Å². The molecular weight excluding hydrogens is 771 g/mol. The molecule has 0 aliphatic rings. The molecule has 7 heteroatoms. The number of thiazole rings is 1. The average Bonchev–Trinajstić information content (AvgIpc) is 3.92. The van der Waals surface area contributed by atoms with E-state index in [-0.39, 0.29) is 0 Å². The number of rotatable bonds is 7. The molecule has 0 radical (unpaired) electrons. The summed E-state index contributed by atoms with van der Waals surface area (Å²) in [5.74, 6) is 0. The molecule has 0 fully saturated rings. The van der Waals surface area contributed by atoms with Crippen LogP contribution in [-0.4, -0.2) is 4.98 Å². The minimum atomic E-state index is 0.604. The van der Waals surface area contributed by atoms with Gasteiger partial charge in [0.2, 0.25) is 0 Å². The summed E-state index contributed by atoms with van der Waals surface area (Å²) < 4.78 is 3.70. The number of hydrogen-bond acceptors (Lipinski definition) is 6. The van der Waals surface area contributed by atoms with Crippen LogP contribution < -0.4 is 9.80 Å². The number of fused-ring (bicyclic) bond motifs is 7. The van der Waals surface area contributed by atoms with Crippen molar-refractivity contribution in [1.29, 1.82) is 5.26 Å². The van der Waals surface area contributed by atoms with E-state index >= 15 is 0 Å². The summed E-state index contributed by atoms with van der Waals surface area (Å²) in [5.41, 5.74) is 9.38. The molecule has 60 heavy (non-hydrogen) atoms. The van der Waals surface area contributed by atoms with Crippen molar-refractivity contribution in [1.82, 2.24) is 4.98 Å². The van der Waals surface area contributed by atoms with Gasteiger partial charge < -0.3 is 9.80 Å². The third-order valence-electron chi connectivity index (χ3n) is 11.1. The van der Waals surface area contributed by atoms with Crippen LogP contribution in [0.4, 0.5) is 39.8 Å². The van der Waals surface area contributed by atoms with Crippen molar-refractivity contribution in [3.8, 4) is 16.6 Å². The summed E-state index contributed by atoms with van der Waals surface area (Å²) in [6.07, 6.45) is 0. The van der Waals surface area contributed by atoms with Crippen LogP contribution in [0.25, 0.3) is 67.3 Å². The largest absolute Gasteiger partial charge is 0.311 e. The maximum atomic E-state index is 9.58. The number of hydrogen-bond donors (Lipinski definition) is 0. The van der Waals surface area contributed by atoms with Gasteiger partial charge in [0, 0.05) is 59.9 Å². The number of anilines is 6. The predicted octanol–water partition coefficient (Wildman–Crippen LogP) is 16.0. The lowest BCUT2D eigenvalue weighted by atomic mass is 9.99. The quantitative estimate of drug-likeness (QED) is 0.119. The Morgan fingerprint density at radius 1 is 0.467 bits per heavy atom. The van der Waals surface area contributed by atoms with Gasteiger partial charge in [-0.25, -0.2) is 9.83 Å². The van der Waals surface area contributed by atoms with E-state index in [2.05, 4.69) is 154 Å². The molecule has 0 spiro atoms. The van der Waals surface area contributed by atoms with Crippen molar-refractivity contribution in [2.24, 2.45) is 0 Å². The second-order valence-corrected chi connectivity index (χ2v) is 16.8. The van der Waals surface area contributed by atoms with Crippen molar-refractivity contribution in [3.63, 3.8) is 0 Å². The van der Waals surface area contributed by atoms with Crippen LogP contribution in [0.2, 0.25) is 0 Å². The zero-order chi connectivity index (χ0) is 40.2. The number of nitrogens with zero attached hydrogens (tertiary/aromatic N) is 5. The van der Waals surface area contributed by atoms with E-state index in [1.807, 2.05) is 65.9 Å². The lowest BCUT2D eigenvalue weighted by Gasteiger charge is -2.27. The fourth-order valence-electron chi connectivity index (χ4n) is 8.18. The van der Waals surface area contributed by atoms with Crippen molar-refractivity contribution >= 4 is 114 Å². The van der Waals surface area contributed by atoms with Gasteiger partial charge in [0.15, 0.2) is 5.69 Å². The fourth-order valence-corrected chi connectivity index (χ4v) is 10.2. The Morgan fingerprint density at radius 2 is 1.00 bits per heavy atom. The van der Waals surface area contributed by atoms with E-state index in [0.717, 1.165) is 71.8 Å². The molecule has 9 aromatic carbocycles. The number of thiophene rings is 1. The highest BCUT2D eigenvalue weighted by atomic mass is 32.1. The first-order valence-corrected chi connectivity index (χ1v) is 21.2. The van der Waals surface area contributed by atoms with E-state index in [1.165, 1.54) is 24.9 Å². The molecule has 11 rings (SSSR count). The van der Waals surface area contributed by atoms with E-state index in [0.29, 0.717) is 11.3 Å². The SMILES string of the molecule is [C-]#[N+]c1ccc(N(c2ccc(-c3nc4ccccc4s3)cc2)c2ccc3c(ccc4cc(N(c5ccc(C#N)cc5)c5ccc6sc7ccccc7c6c5)ccc43)c2)cc1. The van der Waals surface area contributed by atoms with Crippen LogP contribution in [0, 0.1) is 17.9 Å². The van der Waals surface area contributed by atoms with E-state index in [4.69, 9.17) is 11.6 Å². The predicted molar refractivity (Wildman–Crippen MR) is 253 cm³/mol. The third-order valence-corrected chi connectivity index (χ3v) is 13.3. The molecule has 0 unspecified atom stereocenters. The number of nitriles is 1. The summed E-state index contributed by atoms with van der Waals surface area (Å²) in [4.78, 5) is 13.0. The Labute approximate surface area is 354 Å². The molecule has 280 valence electrons. The number of aromatic nitrogens is 1. The second-order valence-electron chi connectivity index (χ2n) is 14.6. The average molecular weight is 802 g/mol. The van der Waals surface area contributed by atoms with Crippen molar-refractivity contribution < 1.29 is 0 Å². The minimum absolute atomic E-state index is 0.604. The van der Waals surface area contributed by atoms with Gasteiger partial charge in [-0.15, -0.1) is 22.7 Å². The van der Waals surface area contributed by atoms with E-state index < -0.39 is 0 Å². The smallest absolute Gasteiger partial charge is 0.187 e. The zero-order valence-corrected chi connectivity index (χ0v) is 33.6. The summed E-state index contributed by atoms with van der Waals surface area (Å²) in [5, 5.41) is 17.6. The first kappa shape index (κ1) is 35.4. The highest BCUT2D eigenvalue weighted by Crippen LogP contribution is 2.43. The molecule has 0 amide bonds. The fraction of sp³-hybridized carbons (Fsp3) is 0. The maximum Gasteiger partial charge on any atom is 0.187 e. The van der Waals surface area contributed by atoms with Gasteiger partial charge in [-0.2, -0.15) is 5.26 Å². The van der Waals surface area contributed by atoms with E-state index in [1.54, 1.807) is 11.3 Å². The molecule has 0 bridgehead atoms. The van der Waals surface area contributed by atoms with Crippen LogP contribution in [-0.2, 0) is 0 Å². The van der Waals surface area contributed by atoms with Gasteiger partial charge in [-0.3, -0.25) is 0 Å². The molecule has 2 heterocycles. The molecule has 0 aliphatic carbocycles. The standard InChI is InChI=1S/C53H31N5S2/c1-55-38-16-22-41(23-17-38)57(40-20-14-35(15-21-40)53-56-49-7-3-5-9-52(49)60-53)42-24-27-45-36(30-42)12-13-37-31-43(25-28-46(37)45)58(39-18-10-34(33-54)11-19-39)44-26-29-51-48(32-44)47-6-2-4-8-50(47)59-51/h2-32H. The van der Waals surface area contributed by atoms with Gasteiger partial charge in [-0.1, -0.05) is 66.7 Å². The Morgan fingerprint density at radius 3 is 1.65 bits per heavy atom. The highest BCUT2D eigenvalue weighted by Gasteiger charge is 2.18. The monoisotopic (exact) mass is 801 g/mol. The number of benzene rings is 9. The molecular formula is C53H31N5S2. The Hall–Kier alpha value is -7.81. The normalized spacial score (nSPS) is 11.3. The second kappa shape index (κ2) is 14.5. The number of para-hydroxylation sites is 1. The minimum Gasteiger partial charge on any atom is -0.311 e. The van der Waals surface area contributed by atoms with Crippen LogP contribution in [0.5, 0.6) is 0 Å². The van der Waals surface area contributed by atoms with Gasteiger partial charge in [0.05, 0.1) is 28.4 Å². The molecule has 0 atom stereocenters. The van der Waals surface area contributed by atoms with Crippen LogP contribution >= 0.6 is 22.7 Å². The molecule has 0 N–H and O–H groups in total. The highest BCUT2D eigenvalue weighted by molar-refractivity contribution is 7.25. The van der Waals surface area contributed by atoms with Gasteiger partial charge in [-0.05, 0) is 143 Å². The van der Waals surface area contributed by atoms with Gasteiger partial charge >= 0.3 is 0 Å². The lowest BCUT2D eigenvalue weighted by molar-refractivity contribution is 1.29. The molecule has 11 aromatic rings. The summed E-state index contributed by atoms with van der Waals surface area (Å²) >= 11 is 3.51. The third kappa shape index (κ3) is 6.18. The first-order valence-electron chi connectivity index (χ1n) is 19.5. The molecule has 0 aliphatic heterocycles. The van der Waals surface area contributed by atoms with Gasteiger partial charge in [0.25, 0.3) is 0 Å². The molecule has 5 nitrogen and oxygen atoms in total. The molecule has 2 aromatic heterocycles. The summed E-state index contributed by atoms with van der Waals surface area (Å²) in [6, 6.07) is 67.7. The lowest BCUT2D eigenvalue weighted by Crippen LogP contribution is -2.10.